The molecule has 0 aromatic heterocycles. The minimum atomic E-state index is -0.0850. The van der Waals surface area contributed by atoms with Gasteiger partial charge in [0, 0.05) is 30.2 Å². The van der Waals surface area contributed by atoms with Crippen molar-refractivity contribution in [2.45, 2.75) is 37.6 Å². The highest BCUT2D eigenvalue weighted by Crippen LogP contribution is 2.33. The fourth-order valence-corrected chi connectivity index (χ4v) is 4.05. The van der Waals surface area contributed by atoms with E-state index in [1.807, 2.05) is 6.07 Å². The monoisotopic (exact) mass is 402 g/mol. The van der Waals surface area contributed by atoms with Crippen LogP contribution in [0.5, 0.6) is 5.75 Å². The Bertz CT molecular complexity index is 574. The van der Waals surface area contributed by atoms with Crippen molar-refractivity contribution in [1.82, 2.24) is 10.2 Å². The van der Waals surface area contributed by atoms with E-state index in [4.69, 9.17) is 21.1 Å². The zero-order chi connectivity index (χ0) is 17.5. The molecule has 3 rings (SSSR count). The molecular weight excluding hydrogens is 375 g/mol. The molecule has 1 heterocycles. The van der Waals surface area contributed by atoms with Crippen molar-refractivity contribution in [3.63, 3.8) is 0 Å². The van der Waals surface area contributed by atoms with Gasteiger partial charge in [0.1, 0.15) is 5.75 Å². The Hall–Kier alpha value is -1.01. The molecule has 26 heavy (non-hydrogen) atoms. The third-order valence-corrected chi connectivity index (χ3v) is 5.48. The first-order valence-corrected chi connectivity index (χ1v) is 9.54. The average molecular weight is 403 g/mol. The fraction of sp³-hybridized carbons (Fsp3) is 0.632. The first-order chi connectivity index (χ1) is 12.2. The van der Waals surface area contributed by atoms with Crippen molar-refractivity contribution in [3.8, 4) is 5.75 Å². The number of benzene rings is 1. The summed E-state index contributed by atoms with van der Waals surface area (Å²) in [6, 6.07) is 7.11. The van der Waals surface area contributed by atoms with Gasteiger partial charge < -0.3 is 14.8 Å². The molecule has 1 aromatic rings. The van der Waals surface area contributed by atoms with Gasteiger partial charge in [-0.2, -0.15) is 0 Å². The quantitative estimate of drug-likeness (QED) is 0.792. The molecule has 146 valence electrons. The summed E-state index contributed by atoms with van der Waals surface area (Å²) in [6.45, 7) is 4.18. The largest absolute Gasteiger partial charge is 0.484 e. The van der Waals surface area contributed by atoms with Crippen LogP contribution in [0.1, 0.15) is 32.1 Å². The molecule has 1 aliphatic heterocycles. The third kappa shape index (κ3) is 5.74. The highest BCUT2D eigenvalue weighted by Gasteiger charge is 2.38. The van der Waals surface area contributed by atoms with E-state index in [0.29, 0.717) is 17.3 Å². The van der Waals surface area contributed by atoms with Gasteiger partial charge in [-0.05, 0) is 31.0 Å². The number of morpholine rings is 1. The number of nitrogens with one attached hydrogen (secondary N) is 1. The third-order valence-electron chi connectivity index (χ3n) is 5.25. The molecule has 1 N–H and O–H groups in total. The topological polar surface area (TPSA) is 50.8 Å². The zero-order valence-electron chi connectivity index (χ0n) is 15.0. The summed E-state index contributed by atoms with van der Waals surface area (Å²) in [5.41, 5.74) is 0.0771. The molecule has 0 spiro atoms. The van der Waals surface area contributed by atoms with Crippen molar-refractivity contribution >= 4 is 29.9 Å². The van der Waals surface area contributed by atoms with Crippen LogP contribution in [-0.2, 0) is 9.53 Å². The molecule has 0 unspecified atom stereocenters. The van der Waals surface area contributed by atoms with Gasteiger partial charge in [-0.15, -0.1) is 12.4 Å². The zero-order valence-corrected chi connectivity index (χ0v) is 16.6. The molecule has 1 amide bonds. The van der Waals surface area contributed by atoms with Crippen LogP contribution in [0.2, 0.25) is 5.02 Å². The lowest BCUT2D eigenvalue weighted by molar-refractivity contribution is -0.124. The number of carbonyl (C=O) groups is 1. The van der Waals surface area contributed by atoms with E-state index in [-0.39, 0.29) is 30.5 Å². The average Bonchev–Trinajstić information content (AvgIpc) is 2.66. The summed E-state index contributed by atoms with van der Waals surface area (Å²) in [5.74, 6) is 0.529. The predicted octanol–water partition coefficient (Wildman–Crippen LogP) is 3.29. The Labute approximate surface area is 166 Å². The van der Waals surface area contributed by atoms with E-state index in [1.54, 1.807) is 18.2 Å². The molecular formula is C19H28Cl2N2O3. The van der Waals surface area contributed by atoms with E-state index in [0.717, 1.165) is 39.1 Å². The van der Waals surface area contributed by atoms with Gasteiger partial charge in [-0.25, -0.2) is 0 Å². The van der Waals surface area contributed by atoms with E-state index >= 15 is 0 Å². The lowest BCUT2D eigenvalue weighted by Gasteiger charge is -2.48. The van der Waals surface area contributed by atoms with Crippen molar-refractivity contribution in [2.24, 2.45) is 0 Å². The van der Waals surface area contributed by atoms with Crippen LogP contribution in [-0.4, -0.2) is 55.8 Å². The lowest BCUT2D eigenvalue weighted by atomic mass is 9.79. The molecule has 1 saturated carbocycles. The molecule has 1 saturated heterocycles. The number of nitrogens with zero attached hydrogens (tertiary/aromatic N) is 1. The Morgan fingerprint density at radius 2 is 1.96 bits per heavy atom. The second-order valence-electron chi connectivity index (χ2n) is 6.91. The molecule has 1 aliphatic carbocycles. The van der Waals surface area contributed by atoms with Gasteiger partial charge in [0.05, 0.1) is 13.2 Å². The molecule has 0 radical (unpaired) electrons. The Morgan fingerprint density at radius 1 is 1.23 bits per heavy atom. The van der Waals surface area contributed by atoms with Crippen LogP contribution in [0.3, 0.4) is 0 Å². The van der Waals surface area contributed by atoms with Gasteiger partial charge in [0.15, 0.2) is 6.61 Å². The van der Waals surface area contributed by atoms with E-state index in [9.17, 15) is 4.79 Å². The Morgan fingerprint density at radius 3 is 2.65 bits per heavy atom. The summed E-state index contributed by atoms with van der Waals surface area (Å²) in [6.07, 6.45) is 6.03. The van der Waals surface area contributed by atoms with Crippen molar-refractivity contribution in [1.29, 1.82) is 0 Å². The van der Waals surface area contributed by atoms with E-state index in [1.165, 1.54) is 19.3 Å². The first kappa shape index (κ1) is 21.3. The van der Waals surface area contributed by atoms with Gasteiger partial charge in [0.2, 0.25) is 0 Å². The summed E-state index contributed by atoms with van der Waals surface area (Å²) >= 11 is 5.93. The standard InChI is InChI=1S/C19H27ClN2O3.ClH/c20-16-5-4-6-17(13-16)25-14-18(23)21-15-19(7-2-1-3-8-19)22-9-11-24-12-10-22;/h4-6,13H,1-3,7-12,14-15H2,(H,21,23);1H. The van der Waals surface area contributed by atoms with Gasteiger partial charge in [0.25, 0.3) is 5.91 Å². The van der Waals surface area contributed by atoms with Crippen LogP contribution in [0.25, 0.3) is 0 Å². The van der Waals surface area contributed by atoms with Crippen LogP contribution in [0.15, 0.2) is 24.3 Å². The van der Waals surface area contributed by atoms with Crippen LogP contribution in [0, 0.1) is 0 Å². The van der Waals surface area contributed by atoms with Gasteiger partial charge in [-0.3, -0.25) is 9.69 Å². The number of halogens is 2. The van der Waals surface area contributed by atoms with Gasteiger partial charge >= 0.3 is 0 Å². The lowest BCUT2D eigenvalue weighted by Crippen LogP contribution is -2.60. The van der Waals surface area contributed by atoms with Crippen molar-refractivity contribution in [3.05, 3.63) is 29.3 Å². The number of rotatable bonds is 6. The van der Waals surface area contributed by atoms with Crippen molar-refractivity contribution < 1.29 is 14.3 Å². The smallest absolute Gasteiger partial charge is 0.258 e. The van der Waals surface area contributed by atoms with Crippen molar-refractivity contribution in [2.75, 3.05) is 39.5 Å². The predicted molar refractivity (Wildman–Crippen MR) is 105 cm³/mol. The summed E-state index contributed by atoms with van der Waals surface area (Å²) in [7, 11) is 0. The fourth-order valence-electron chi connectivity index (χ4n) is 3.87. The highest BCUT2D eigenvalue weighted by atomic mass is 35.5. The number of hydrogen-bond acceptors (Lipinski definition) is 4. The van der Waals surface area contributed by atoms with Crippen LogP contribution < -0.4 is 10.1 Å². The number of amides is 1. The number of ether oxygens (including phenoxy) is 2. The minimum Gasteiger partial charge on any atom is -0.484 e. The van der Waals surface area contributed by atoms with Crippen LogP contribution in [0.4, 0.5) is 0 Å². The molecule has 2 fully saturated rings. The molecule has 2 aliphatic rings. The summed E-state index contributed by atoms with van der Waals surface area (Å²) in [5, 5.41) is 3.70. The molecule has 7 heteroatoms. The summed E-state index contributed by atoms with van der Waals surface area (Å²) in [4.78, 5) is 14.8. The maximum atomic E-state index is 12.3. The number of carbonyl (C=O) groups excluding carboxylic acids is 1. The Balaban J connectivity index is 0.00000243. The molecule has 0 bridgehead atoms. The molecule has 5 nitrogen and oxygen atoms in total. The second-order valence-corrected chi connectivity index (χ2v) is 7.34. The highest BCUT2D eigenvalue weighted by molar-refractivity contribution is 6.30. The van der Waals surface area contributed by atoms with E-state index < -0.39 is 0 Å². The maximum Gasteiger partial charge on any atom is 0.258 e. The second kappa shape index (κ2) is 10.4. The van der Waals surface area contributed by atoms with E-state index in [2.05, 4.69) is 10.2 Å². The first-order valence-electron chi connectivity index (χ1n) is 9.16. The minimum absolute atomic E-state index is 0. The summed E-state index contributed by atoms with van der Waals surface area (Å²) < 4.78 is 11.0. The van der Waals surface area contributed by atoms with Crippen LogP contribution >= 0.6 is 24.0 Å². The molecule has 0 atom stereocenters. The number of hydrogen-bond donors (Lipinski definition) is 1. The SMILES string of the molecule is Cl.O=C(COc1cccc(Cl)c1)NCC1(N2CCOCC2)CCCCC1. The van der Waals surface area contributed by atoms with Gasteiger partial charge in [-0.1, -0.05) is 36.9 Å². The normalized spacial score (nSPS) is 20.0. The Kier molecular flexibility index (Phi) is 8.48. The maximum absolute atomic E-state index is 12.3. The molecule has 1 aromatic carbocycles.